The van der Waals surface area contributed by atoms with Gasteiger partial charge in [-0.1, -0.05) is 12.1 Å². The lowest BCUT2D eigenvalue weighted by Gasteiger charge is -2.16. The summed E-state index contributed by atoms with van der Waals surface area (Å²) < 4.78 is 10.8. The highest BCUT2D eigenvalue weighted by Crippen LogP contribution is 2.31. The van der Waals surface area contributed by atoms with Crippen LogP contribution in [-0.4, -0.2) is 32.6 Å². The molecule has 4 nitrogen and oxygen atoms in total. The van der Waals surface area contributed by atoms with Gasteiger partial charge in [-0.15, -0.1) is 0 Å². The van der Waals surface area contributed by atoms with Crippen molar-refractivity contribution >= 4 is 11.4 Å². The van der Waals surface area contributed by atoms with Crippen molar-refractivity contribution in [2.24, 2.45) is 0 Å². The Bertz CT molecular complexity index is 494. The highest BCUT2D eigenvalue weighted by molar-refractivity contribution is 5.77. The van der Waals surface area contributed by atoms with Gasteiger partial charge in [0, 0.05) is 6.54 Å². The first kappa shape index (κ1) is 13.6. The lowest BCUT2D eigenvalue weighted by molar-refractivity contribution is -0.118. The summed E-state index contributed by atoms with van der Waals surface area (Å²) >= 11 is 0. The van der Waals surface area contributed by atoms with Crippen LogP contribution in [-0.2, 0) is 4.79 Å². The second-order valence-electron chi connectivity index (χ2n) is 4.54. The lowest BCUT2D eigenvalue weighted by Crippen LogP contribution is -2.20. The molecule has 0 aliphatic carbocycles. The predicted molar refractivity (Wildman–Crippen MR) is 74.6 cm³/mol. The van der Waals surface area contributed by atoms with Crippen LogP contribution < -0.4 is 14.8 Å². The van der Waals surface area contributed by atoms with Crippen LogP contribution in [0.4, 0.5) is 0 Å². The number of methoxy groups -OCH3 is 1. The first-order valence-corrected chi connectivity index (χ1v) is 6.41. The fourth-order valence-electron chi connectivity index (χ4n) is 2.05. The first-order valence-electron chi connectivity index (χ1n) is 6.41. The molecule has 1 heterocycles. The summed E-state index contributed by atoms with van der Waals surface area (Å²) in [4.78, 5) is 10.9. The third-order valence-electron chi connectivity index (χ3n) is 3.03. The second kappa shape index (κ2) is 6.38. The summed E-state index contributed by atoms with van der Waals surface area (Å²) in [6.07, 6.45) is 3.20. The van der Waals surface area contributed by atoms with Gasteiger partial charge in [-0.25, -0.2) is 0 Å². The van der Waals surface area contributed by atoms with E-state index in [2.05, 4.69) is 11.4 Å². The molecule has 0 saturated heterocycles. The molecule has 0 fully saturated rings. The summed E-state index contributed by atoms with van der Waals surface area (Å²) in [5.74, 6) is 1.27. The number of Topliss-reactive ketones (excluding diaryl/α,β-unsaturated/α-hetero) is 1. The van der Waals surface area contributed by atoms with Crippen LogP contribution in [0.2, 0.25) is 0 Å². The second-order valence-corrected chi connectivity index (χ2v) is 4.54. The Balaban J connectivity index is 2.20. The molecule has 1 N–H and O–H groups in total. The molecule has 0 bridgehead atoms. The molecule has 0 atom stereocenters. The monoisotopic (exact) mass is 261 g/mol. The molecule has 2 rings (SSSR count). The molecule has 102 valence electrons. The van der Waals surface area contributed by atoms with Crippen LogP contribution in [0.25, 0.3) is 5.57 Å². The van der Waals surface area contributed by atoms with Gasteiger partial charge in [0.05, 0.1) is 7.11 Å². The van der Waals surface area contributed by atoms with Gasteiger partial charge < -0.3 is 14.8 Å². The van der Waals surface area contributed by atoms with Crippen molar-refractivity contribution in [2.45, 2.75) is 13.3 Å². The zero-order chi connectivity index (χ0) is 13.7. The zero-order valence-electron chi connectivity index (χ0n) is 11.4. The molecule has 0 radical (unpaired) electrons. The molecule has 19 heavy (non-hydrogen) atoms. The van der Waals surface area contributed by atoms with Crippen molar-refractivity contribution in [1.29, 1.82) is 0 Å². The molecule has 1 aromatic rings. The molecule has 1 aliphatic rings. The van der Waals surface area contributed by atoms with Gasteiger partial charge >= 0.3 is 0 Å². The Labute approximate surface area is 113 Å². The Kier molecular flexibility index (Phi) is 4.58. The van der Waals surface area contributed by atoms with E-state index in [1.807, 2.05) is 18.2 Å². The van der Waals surface area contributed by atoms with Crippen molar-refractivity contribution in [3.8, 4) is 11.5 Å². The topological polar surface area (TPSA) is 47.6 Å². The van der Waals surface area contributed by atoms with Crippen molar-refractivity contribution < 1.29 is 14.3 Å². The average Bonchev–Trinajstić information content (AvgIpc) is 2.45. The standard InChI is InChI=1S/C15H19NO3/c1-11(17)10-19-14-4-3-13(9-15(14)18-2)12-5-7-16-8-6-12/h3-5,9,16H,6-8,10H2,1-2H3. The van der Waals surface area contributed by atoms with Gasteiger partial charge in [0.25, 0.3) is 0 Å². The van der Waals surface area contributed by atoms with Crippen LogP contribution in [0, 0.1) is 0 Å². The van der Waals surface area contributed by atoms with E-state index in [9.17, 15) is 4.79 Å². The largest absolute Gasteiger partial charge is 0.493 e. The minimum Gasteiger partial charge on any atom is -0.493 e. The van der Waals surface area contributed by atoms with E-state index in [1.165, 1.54) is 12.5 Å². The van der Waals surface area contributed by atoms with Gasteiger partial charge in [0.1, 0.15) is 6.61 Å². The van der Waals surface area contributed by atoms with Crippen molar-refractivity contribution in [3.63, 3.8) is 0 Å². The number of ether oxygens (including phenoxy) is 2. The third kappa shape index (κ3) is 3.58. The zero-order valence-corrected chi connectivity index (χ0v) is 11.4. The van der Waals surface area contributed by atoms with Crippen LogP contribution in [0.5, 0.6) is 11.5 Å². The maximum Gasteiger partial charge on any atom is 0.167 e. The Morgan fingerprint density at radius 3 is 2.84 bits per heavy atom. The lowest BCUT2D eigenvalue weighted by atomic mass is 10.00. The van der Waals surface area contributed by atoms with Crippen LogP contribution in [0.3, 0.4) is 0 Å². The Hall–Kier alpha value is -1.81. The number of carbonyl (C=O) groups excluding carboxylic acids is 1. The van der Waals surface area contributed by atoms with Crippen molar-refractivity contribution in [3.05, 3.63) is 29.8 Å². The predicted octanol–water partition coefficient (Wildman–Crippen LogP) is 2.04. The summed E-state index contributed by atoms with van der Waals surface area (Å²) in [7, 11) is 1.61. The fourth-order valence-corrected chi connectivity index (χ4v) is 2.05. The molecule has 0 saturated carbocycles. The molecule has 1 aromatic carbocycles. The van der Waals surface area contributed by atoms with E-state index in [0.717, 1.165) is 25.1 Å². The Morgan fingerprint density at radius 2 is 2.21 bits per heavy atom. The number of nitrogens with one attached hydrogen (secondary N) is 1. The quantitative estimate of drug-likeness (QED) is 0.881. The number of carbonyl (C=O) groups is 1. The number of hydrogen-bond donors (Lipinski definition) is 1. The van der Waals surface area contributed by atoms with Crippen molar-refractivity contribution in [1.82, 2.24) is 5.32 Å². The average molecular weight is 261 g/mol. The van der Waals surface area contributed by atoms with Crippen LogP contribution >= 0.6 is 0 Å². The van der Waals surface area contributed by atoms with Gasteiger partial charge in [0.15, 0.2) is 17.3 Å². The fraction of sp³-hybridized carbons (Fsp3) is 0.400. The third-order valence-corrected chi connectivity index (χ3v) is 3.03. The van der Waals surface area contributed by atoms with Crippen LogP contribution in [0.1, 0.15) is 18.9 Å². The van der Waals surface area contributed by atoms with Gasteiger partial charge in [-0.3, -0.25) is 4.79 Å². The minimum atomic E-state index is -0.00723. The first-order chi connectivity index (χ1) is 9.20. The molecular weight excluding hydrogens is 242 g/mol. The normalized spacial score (nSPS) is 14.7. The van der Waals surface area contributed by atoms with E-state index in [4.69, 9.17) is 9.47 Å². The molecule has 0 spiro atoms. The molecule has 1 aliphatic heterocycles. The van der Waals surface area contributed by atoms with E-state index in [-0.39, 0.29) is 12.4 Å². The molecule has 4 heteroatoms. The van der Waals surface area contributed by atoms with E-state index < -0.39 is 0 Å². The molecule has 0 amide bonds. The maximum atomic E-state index is 10.9. The van der Waals surface area contributed by atoms with E-state index in [1.54, 1.807) is 7.11 Å². The minimum absolute atomic E-state index is 0.00723. The summed E-state index contributed by atoms with van der Waals surface area (Å²) in [5, 5.41) is 3.29. The highest BCUT2D eigenvalue weighted by Gasteiger charge is 2.11. The number of ketones is 1. The summed E-state index contributed by atoms with van der Waals surface area (Å²) in [6.45, 7) is 3.47. The number of benzene rings is 1. The molecular formula is C15H19NO3. The molecule has 0 aromatic heterocycles. The number of rotatable bonds is 5. The number of hydrogen-bond acceptors (Lipinski definition) is 4. The summed E-state index contributed by atoms with van der Waals surface area (Å²) in [6, 6.07) is 5.84. The summed E-state index contributed by atoms with van der Waals surface area (Å²) in [5.41, 5.74) is 2.46. The van der Waals surface area contributed by atoms with Gasteiger partial charge in [-0.05, 0) is 43.2 Å². The Morgan fingerprint density at radius 1 is 1.37 bits per heavy atom. The van der Waals surface area contributed by atoms with Crippen LogP contribution in [0.15, 0.2) is 24.3 Å². The highest BCUT2D eigenvalue weighted by atomic mass is 16.5. The van der Waals surface area contributed by atoms with Gasteiger partial charge in [0.2, 0.25) is 0 Å². The van der Waals surface area contributed by atoms with Gasteiger partial charge in [-0.2, -0.15) is 0 Å². The SMILES string of the molecule is COc1cc(C2=CCNCC2)ccc1OCC(C)=O. The van der Waals surface area contributed by atoms with E-state index >= 15 is 0 Å². The van der Waals surface area contributed by atoms with E-state index in [0.29, 0.717) is 11.5 Å². The molecule has 0 unspecified atom stereocenters. The van der Waals surface area contributed by atoms with Crippen molar-refractivity contribution in [2.75, 3.05) is 26.8 Å². The maximum absolute atomic E-state index is 10.9. The smallest absolute Gasteiger partial charge is 0.167 e.